The van der Waals surface area contributed by atoms with Gasteiger partial charge in [-0.2, -0.15) is 0 Å². The summed E-state index contributed by atoms with van der Waals surface area (Å²) in [6, 6.07) is 13.4. The number of aryl methyl sites for hydroxylation is 1. The molecule has 2 aromatic rings. The second kappa shape index (κ2) is 8.19. The Morgan fingerprint density at radius 2 is 1.78 bits per heavy atom. The van der Waals surface area contributed by atoms with Crippen molar-refractivity contribution >= 4 is 11.6 Å². The maximum Gasteiger partial charge on any atom is 0.238 e. The number of anilines is 1. The molecule has 2 aromatic carbocycles. The summed E-state index contributed by atoms with van der Waals surface area (Å²) in [5.74, 6) is 1.30. The van der Waals surface area contributed by atoms with E-state index in [9.17, 15) is 4.79 Å². The Hall–Kier alpha value is -2.53. The van der Waals surface area contributed by atoms with Crippen LogP contribution in [0.4, 0.5) is 5.69 Å². The second-order valence-electron chi connectivity index (χ2n) is 5.16. The molecule has 23 heavy (non-hydrogen) atoms. The van der Waals surface area contributed by atoms with Crippen molar-refractivity contribution < 1.29 is 14.3 Å². The monoisotopic (exact) mass is 314 g/mol. The highest BCUT2D eigenvalue weighted by Crippen LogP contribution is 2.27. The number of ether oxygens (including phenoxy) is 2. The first kappa shape index (κ1) is 16.8. The van der Waals surface area contributed by atoms with Crippen LogP contribution < -0.4 is 20.1 Å². The van der Waals surface area contributed by atoms with Crippen molar-refractivity contribution in [1.29, 1.82) is 0 Å². The lowest BCUT2D eigenvalue weighted by atomic mass is 10.2. The largest absolute Gasteiger partial charge is 0.493 e. The van der Waals surface area contributed by atoms with Crippen molar-refractivity contribution in [2.75, 3.05) is 26.1 Å². The molecule has 0 saturated carbocycles. The summed E-state index contributed by atoms with van der Waals surface area (Å²) in [6.07, 6.45) is 0. The molecule has 5 heteroatoms. The number of rotatable bonds is 7. The van der Waals surface area contributed by atoms with Gasteiger partial charge in [-0.05, 0) is 36.2 Å². The molecular formula is C18H22N2O3. The average molecular weight is 314 g/mol. The molecule has 0 radical (unpaired) electrons. The van der Waals surface area contributed by atoms with E-state index in [4.69, 9.17) is 9.47 Å². The average Bonchev–Trinajstić information content (AvgIpc) is 2.56. The molecule has 2 N–H and O–H groups in total. The Bertz CT molecular complexity index is 671. The standard InChI is InChI=1S/C18H22N2O3/c1-13-6-4-5-7-15(13)20-18(21)12-19-11-14-8-9-16(22-2)17(10-14)23-3/h4-10,19H,11-12H2,1-3H3,(H,20,21). The summed E-state index contributed by atoms with van der Waals surface area (Å²) >= 11 is 0. The van der Waals surface area contributed by atoms with E-state index in [0.29, 0.717) is 18.0 Å². The van der Waals surface area contributed by atoms with Crippen LogP contribution in [0.3, 0.4) is 0 Å². The van der Waals surface area contributed by atoms with Crippen LogP contribution in [0.5, 0.6) is 11.5 Å². The van der Waals surface area contributed by atoms with Crippen LogP contribution in [0.15, 0.2) is 42.5 Å². The molecule has 5 nitrogen and oxygen atoms in total. The number of methoxy groups -OCH3 is 2. The van der Waals surface area contributed by atoms with Gasteiger partial charge in [0.05, 0.1) is 20.8 Å². The molecule has 0 atom stereocenters. The van der Waals surface area contributed by atoms with Gasteiger partial charge < -0.3 is 20.1 Å². The SMILES string of the molecule is COc1ccc(CNCC(=O)Nc2ccccc2C)cc1OC. The number of amides is 1. The van der Waals surface area contributed by atoms with Crippen molar-refractivity contribution in [1.82, 2.24) is 5.32 Å². The molecule has 0 aliphatic heterocycles. The molecule has 0 aromatic heterocycles. The number of hydrogen-bond acceptors (Lipinski definition) is 4. The van der Waals surface area contributed by atoms with Crippen molar-refractivity contribution in [3.05, 3.63) is 53.6 Å². The summed E-state index contributed by atoms with van der Waals surface area (Å²) in [7, 11) is 3.20. The van der Waals surface area contributed by atoms with Crippen LogP contribution in [0.1, 0.15) is 11.1 Å². The highest BCUT2D eigenvalue weighted by Gasteiger charge is 2.06. The molecular weight excluding hydrogens is 292 g/mol. The van der Waals surface area contributed by atoms with Crippen LogP contribution in [0, 0.1) is 6.92 Å². The van der Waals surface area contributed by atoms with Crippen LogP contribution in [-0.2, 0) is 11.3 Å². The Labute approximate surface area is 136 Å². The quantitative estimate of drug-likeness (QED) is 0.825. The first-order valence-corrected chi connectivity index (χ1v) is 7.41. The van der Waals surface area contributed by atoms with Gasteiger partial charge in [-0.15, -0.1) is 0 Å². The van der Waals surface area contributed by atoms with E-state index in [2.05, 4.69) is 10.6 Å². The van der Waals surface area contributed by atoms with Crippen LogP contribution in [0.25, 0.3) is 0 Å². The van der Waals surface area contributed by atoms with Gasteiger partial charge in [-0.25, -0.2) is 0 Å². The fourth-order valence-corrected chi connectivity index (χ4v) is 2.22. The Balaban J connectivity index is 1.85. The van der Waals surface area contributed by atoms with Gasteiger partial charge in [-0.3, -0.25) is 4.79 Å². The topological polar surface area (TPSA) is 59.6 Å². The number of benzene rings is 2. The summed E-state index contributed by atoms with van der Waals surface area (Å²) in [5, 5.41) is 6.01. The molecule has 122 valence electrons. The van der Waals surface area contributed by atoms with Crippen molar-refractivity contribution in [3.63, 3.8) is 0 Å². The number of para-hydroxylation sites is 1. The zero-order valence-electron chi connectivity index (χ0n) is 13.7. The smallest absolute Gasteiger partial charge is 0.238 e. The van der Waals surface area contributed by atoms with E-state index in [0.717, 1.165) is 16.8 Å². The van der Waals surface area contributed by atoms with E-state index in [1.807, 2.05) is 49.4 Å². The fraction of sp³-hybridized carbons (Fsp3) is 0.278. The molecule has 1 amide bonds. The fourth-order valence-electron chi connectivity index (χ4n) is 2.22. The van der Waals surface area contributed by atoms with E-state index in [1.54, 1.807) is 14.2 Å². The lowest BCUT2D eigenvalue weighted by Crippen LogP contribution is -2.27. The van der Waals surface area contributed by atoms with Gasteiger partial charge in [0.15, 0.2) is 11.5 Å². The van der Waals surface area contributed by atoms with Gasteiger partial charge in [0, 0.05) is 12.2 Å². The molecule has 0 aliphatic rings. The minimum Gasteiger partial charge on any atom is -0.493 e. The normalized spacial score (nSPS) is 10.2. The minimum atomic E-state index is -0.0697. The van der Waals surface area contributed by atoms with Crippen LogP contribution >= 0.6 is 0 Å². The molecule has 2 rings (SSSR count). The Kier molecular flexibility index (Phi) is 6.00. The van der Waals surface area contributed by atoms with Crippen molar-refractivity contribution in [2.24, 2.45) is 0 Å². The molecule has 0 aliphatic carbocycles. The number of hydrogen-bond donors (Lipinski definition) is 2. The van der Waals surface area contributed by atoms with Crippen LogP contribution in [0.2, 0.25) is 0 Å². The zero-order valence-corrected chi connectivity index (χ0v) is 13.7. The first-order valence-electron chi connectivity index (χ1n) is 7.41. The highest BCUT2D eigenvalue weighted by molar-refractivity contribution is 5.92. The Morgan fingerprint density at radius 3 is 2.48 bits per heavy atom. The Morgan fingerprint density at radius 1 is 1.04 bits per heavy atom. The maximum absolute atomic E-state index is 12.0. The molecule has 0 spiro atoms. The number of nitrogens with one attached hydrogen (secondary N) is 2. The van der Waals surface area contributed by atoms with Gasteiger partial charge >= 0.3 is 0 Å². The van der Waals surface area contributed by atoms with E-state index in [-0.39, 0.29) is 12.5 Å². The van der Waals surface area contributed by atoms with Crippen molar-refractivity contribution in [3.8, 4) is 11.5 Å². The van der Waals surface area contributed by atoms with E-state index >= 15 is 0 Å². The third-order valence-electron chi connectivity index (χ3n) is 3.48. The zero-order chi connectivity index (χ0) is 16.7. The molecule has 0 fully saturated rings. The summed E-state index contributed by atoms with van der Waals surface area (Å²) in [6.45, 7) is 2.77. The van der Waals surface area contributed by atoms with Gasteiger partial charge in [0.25, 0.3) is 0 Å². The lowest BCUT2D eigenvalue weighted by molar-refractivity contribution is -0.115. The first-order chi connectivity index (χ1) is 11.1. The van der Waals surface area contributed by atoms with Gasteiger partial charge in [-0.1, -0.05) is 24.3 Å². The van der Waals surface area contributed by atoms with Gasteiger partial charge in [0.2, 0.25) is 5.91 Å². The van der Waals surface area contributed by atoms with Gasteiger partial charge in [0.1, 0.15) is 0 Å². The van der Waals surface area contributed by atoms with E-state index in [1.165, 1.54) is 0 Å². The second-order valence-corrected chi connectivity index (χ2v) is 5.16. The number of carbonyl (C=O) groups is 1. The molecule has 0 saturated heterocycles. The molecule has 0 heterocycles. The van der Waals surface area contributed by atoms with Crippen LogP contribution in [-0.4, -0.2) is 26.7 Å². The summed E-state index contributed by atoms with van der Waals surface area (Å²) < 4.78 is 10.5. The molecule has 0 bridgehead atoms. The third kappa shape index (κ3) is 4.72. The number of carbonyl (C=O) groups excluding carboxylic acids is 1. The highest BCUT2D eigenvalue weighted by atomic mass is 16.5. The third-order valence-corrected chi connectivity index (χ3v) is 3.48. The summed E-state index contributed by atoms with van der Waals surface area (Å²) in [5.41, 5.74) is 2.90. The lowest BCUT2D eigenvalue weighted by Gasteiger charge is -2.11. The van der Waals surface area contributed by atoms with E-state index < -0.39 is 0 Å². The van der Waals surface area contributed by atoms with Crippen molar-refractivity contribution in [2.45, 2.75) is 13.5 Å². The predicted molar refractivity (Wildman–Crippen MR) is 91.1 cm³/mol. The minimum absolute atomic E-state index is 0.0697. The predicted octanol–water partition coefficient (Wildman–Crippen LogP) is 2.74. The summed E-state index contributed by atoms with van der Waals surface area (Å²) in [4.78, 5) is 12.0. The molecule has 0 unspecified atom stereocenters. The maximum atomic E-state index is 12.0.